The first-order valence-electron chi connectivity index (χ1n) is 7.52. The molecule has 1 amide bonds. The zero-order chi connectivity index (χ0) is 17.0. The third kappa shape index (κ3) is 4.45. The molecule has 1 heterocycles. The highest BCUT2D eigenvalue weighted by atomic mass is 16.5. The van der Waals surface area contributed by atoms with Crippen LogP contribution in [0.25, 0.3) is 0 Å². The summed E-state index contributed by atoms with van der Waals surface area (Å²) in [5.74, 6) is 0.240. The maximum atomic E-state index is 12.1. The normalized spacial score (nSPS) is 12.5. The van der Waals surface area contributed by atoms with Gasteiger partial charge in [-0.15, -0.1) is 0 Å². The molecular weight excluding hydrogens is 292 g/mol. The van der Waals surface area contributed by atoms with Crippen molar-refractivity contribution < 1.29 is 9.53 Å². The van der Waals surface area contributed by atoms with E-state index < -0.39 is 6.10 Å². The van der Waals surface area contributed by atoms with E-state index in [1.165, 1.54) is 24.0 Å². The highest BCUT2D eigenvalue weighted by molar-refractivity contribution is 5.93. The number of aromatic amines is 1. The molecule has 1 atom stereocenters. The number of rotatable bonds is 4. The predicted molar refractivity (Wildman–Crippen MR) is 90.9 cm³/mol. The molecule has 0 fully saturated rings. The Hall–Kier alpha value is -2.56. The van der Waals surface area contributed by atoms with Gasteiger partial charge in [0.15, 0.2) is 6.10 Å². The number of nitrogens with one attached hydrogen (secondary N) is 2. The molecule has 0 saturated carbocycles. The van der Waals surface area contributed by atoms with Crippen molar-refractivity contribution >= 4 is 11.6 Å². The molecule has 5 heteroatoms. The minimum atomic E-state index is -0.713. The average molecular weight is 314 g/mol. The largest absolute Gasteiger partial charge is 0.481 e. The van der Waals surface area contributed by atoms with Gasteiger partial charge in [-0.3, -0.25) is 9.59 Å². The summed E-state index contributed by atoms with van der Waals surface area (Å²) >= 11 is 0. The van der Waals surface area contributed by atoms with Gasteiger partial charge in [0.25, 0.3) is 5.91 Å². The number of amides is 1. The quantitative estimate of drug-likeness (QED) is 0.911. The number of carbonyl (C=O) groups excluding carboxylic acids is 1. The molecule has 2 aromatic rings. The van der Waals surface area contributed by atoms with Crippen molar-refractivity contribution in [3.8, 4) is 5.75 Å². The molecule has 0 saturated heterocycles. The van der Waals surface area contributed by atoms with Gasteiger partial charge in [0.05, 0.1) is 0 Å². The third-order valence-electron chi connectivity index (χ3n) is 3.48. The van der Waals surface area contributed by atoms with Crippen LogP contribution in [0.1, 0.15) is 33.3 Å². The Balaban J connectivity index is 2.01. The lowest BCUT2D eigenvalue weighted by atomic mass is 9.87. The fourth-order valence-corrected chi connectivity index (χ4v) is 2.04. The Bertz CT molecular complexity index is 727. The SMILES string of the molecule is CC(Oc1ccc(C(C)(C)C)cc1)C(=O)Nc1c[nH]ccc1=O. The van der Waals surface area contributed by atoms with Crippen molar-refractivity contribution in [1.29, 1.82) is 0 Å². The van der Waals surface area contributed by atoms with Crippen LogP contribution in [0.4, 0.5) is 5.69 Å². The smallest absolute Gasteiger partial charge is 0.265 e. The van der Waals surface area contributed by atoms with Crippen molar-refractivity contribution in [3.63, 3.8) is 0 Å². The molecule has 1 aromatic carbocycles. The van der Waals surface area contributed by atoms with Crippen LogP contribution in [-0.4, -0.2) is 17.0 Å². The van der Waals surface area contributed by atoms with Crippen LogP contribution in [0.5, 0.6) is 5.75 Å². The molecule has 0 bridgehead atoms. The number of benzene rings is 1. The lowest BCUT2D eigenvalue weighted by Crippen LogP contribution is -2.31. The summed E-state index contributed by atoms with van der Waals surface area (Å²) in [4.78, 5) is 26.5. The van der Waals surface area contributed by atoms with Crippen molar-refractivity contribution in [3.05, 3.63) is 58.5 Å². The van der Waals surface area contributed by atoms with E-state index in [1.807, 2.05) is 24.3 Å². The highest BCUT2D eigenvalue weighted by Gasteiger charge is 2.17. The second kappa shape index (κ2) is 6.69. The summed E-state index contributed by atoms with van der Waals surface area (Å²) in [6, 6.07) is 9.02. The van der Waals surface area contributed by atoms with Gasteiger partial charge >= 0.3 is 0 Å². The minimum absolute atomic E-state index is 0.0653. The molecule has 1 aromatic heterocycles. The Kier molecular flexibility index (Phi) is 4.89. The number of pyridine rings is 1. The van der Waals surface area contributed by atoms with E-state index in [1.54, 1.807) is 6.92 Å². The predicted octanol–water partition coefficient (Wildman–Crippen LogP) is 3.08. The number of ether oxygens (including phenoxy) is 1. The van der Waals surface area contributed by atoms with Crippen LogP contribution in [-0.2, 0) is 10.2 Å². The van der Waals surface area contributed by atoms with E-state index in [-0.39, 0.29) is 22.4 Å². The molecule has 122 valence electrons. The molecule has 0 spiro atoms. The zero-order valence-corrected chi connectivity index (χ0v) is 13.8. The van der Waals surface area contributed by atoms with E-state index in [4.69, 9.17) is 4.74 Å². The molecule has 1 unspecified atom stereocenters. The zero-order valence-electron chi connectivity index (χ0n) is 13.8. The highest BCUT2D eigenvalue weighted by Crippen LogP contribution is 2.24. The first-order chi connectivity index (χ1) is 10.8. The van der Waals surface area contributed by atoms with E-state index >= 15 is 0 Å². The lowest BCUT2D eigenvalue weighted by Gasteiger charge is -2.20. The van der Waals surface area contributed by atoms with Crippen molar-refractivity contribution in [1.82, 2.24) is 4.98 Å². The minimum Gasteiger partial charge on any atom is -0.481 e. The molecular formula is C18H22N2O3. The van der Waals surface area contributed by atoms with Crippen LogP contribution in [0.15, 0.2) is 47.5 Å². The summed E-state index contributed by atoms with van der Waals surface area (Å²) < 4.78 is 5.63. The molecule has 0 aliphatic rings. The summed E-state index contributed by atoms with van der Waals surface area (Å²) in [7, 11) is 0. The van der Waals surface area contributed by atoms with Gasteiger partial charge < -0.3 is 15.0 Å². The van der Waals surface area contributed by atoms with Gasteiger partial charge in [-0.1, -0.05) is 32.9 Å². The average Bonchev–Trinajstić information content (AvgIpc) is 2.49. The standard InChI is InChI=1S/C18H22N2O3/c1-12(17(22)20-15-11-19-10-9-16(15)21)23-14-7-5-13(6-8-14)18(2,3)4/h5-12H,1-4H3,(H,19,21)(H,20,22). The molecule has 0 aliphatic heterocycles. The Morgan fingerprint density at radius 3 is 2.39 bits per heavy atom. The van der Waals surface area contributed by atoms with Crippen LogP contribution in [0.3, 0.4) is 0 Å². The van der Waals surface area contributed by atoms with Gasteiger partial charge in [0.2, 0.25) is 5.43 Å². The number of aromatic nitrogens is 1. The second-order valence-electron chi connectivity index (χ2n) is 6.45. The van der Waals surface area contributed by atoms with E-state index in [2.05, 4.69) is 31.1 Å². The number of H-pyrrole nitrogens is 1. The van der Waals surface area contributed by atoms with Crippen LogP contribution >= 0.6 is 0 Å². The summed E-state index contributed by atoms with van der Waals surface area (Å²) in [5.41, 5.74) is 1.21. The Labute approximate surface area is 135 Å². The first kappa shape index (κ1) is 16.8. The van der Waals surface area contributed by atoms with Crippen LogP contribution in [0, 0.1) is 0 Å². The van der Waals surface area contributed by atoms with Crippen LogP contribution in [0.2, 0.25) is 0 Å². The summed E-state index contributed by atoms with van der Waals surface area (Å²) in [6.45, 7) is 8.05. The fraction of sp³-hybridized carbons (Fsp3) is 0.333. The van der Waals surface area contributed by atoms with E-state index in [0.717, 1.165) is 0 Å². The molecule has 0 radical (unpaired) electrons. The number of hydrogen-bond acceptors (Lipinski definition) is 3. The van der Waals surface area contributed by atoms with Gasteiger partial charge in [-0.25, -0.2) is 0 Å². The van der Waals surface area contributed by atoms with Gasteiger partial charge in [-0.05, 0) is 30.0 Å². The second-order valence-corrected chi connectivity index (χ2v) is 6.45. The van der Waals surface area contributed by atoms with Crippen molar-refractivity contribution in [2.75, 3.05) is 5.32 Å². The molecule has 23 heavy (non-hydrogen) atoms. The maximum absolute atomic E-state index is 12.1. The first-order valence-corrected chi connectivity index (χ1v) is 7.52. The number of hydrogen-bond donors (Lipinski definition) is 2. The monoisotopic (exact) mass is 314 g/mol. The molecule has 2 rings (SSSR count). The third-order valence-corrected chi connectivity index (χ3v) is 3.48. The van der Waals surface area contributed by atoms with E-state index in [9.17, 15) is 9.59 Å². The number of anilines is 1. The van der Waals surface area contributed by atoms with Crippen molar-refractivity contribution in [2.24, 2.45) is 0 Å². The molecule has 5 nitrogen and oxygen atoms in total. The van der Waals surface area contributed by atoms with Crippen molar-refractivity contribution in [2.45, 2.75) is 39.2 Å². The van der Waals surface area contributed by atoms with Gasteiger partial charge in [0, 0.05) is 18.5 Å². The molecule has 0 aliphatic carbocycles. The topological polar surface area (TPSA) is 71.2 Å². The Morgan fingerprint density at radius 1 is 1.17 bits per heavy atom. The molecule has 2 N–H and O–H groups in total. The summed E-state index contributed by atoms with van der Waals surface area (Å²) in [6.07, 6.45) is 2.25. The number of carbonyl (C=O) groups is 1. The fourth-order valence-electron chi connectivity index (χ4n) is 2.04. The van der Waals surface area contributed by atoms with Gasteiger partial charge in [-0.2, -0.15) is 0 Å². The van der Waals surface area contributed by atoms with Gasteiger partial charge in [0.1, 0.15) is 11.4 Å². The van der Waals surface area contributed by atoms with E-state index in [0.29, 0.717) is 5.75 Å². The van der Waals surface area contributed by atoms with Crippen LogP contribution < -0.4 is 15.5 Å². The summed E-state index contributed by atoms with van der Waals surface area (Å²) in [5, 5.41) is 2.56. The Morgan fingerprint density at radius 2 is 1.83 bits per heavy atom. The lowest BCUT2D eigenvalue weighted by molar-refractivity contribution is -0.122. The maximum Gasteiger partial charge on any atom is 0.265 e.